The van der Waals surface area contributed by atoms with Gasteiger partial charge in [0.25, 0.3) is 0 Å². The molecule has 0 unspecified atom stereocenters. The fourth-order valence-corrected chi connectivity index (χ4v) is 1.55. The van der Waals surface area contributed by atoms with Crippen molar-refractivity contribution in [2.45, 2.75) is 60.3 Å². The summed E-state index contributed by atoms with van der Waals surface area (Å²) in [5.74, 6) is 0. The average Bonchev–Trinajstić information content (AvgIpc) is 2.29. The Morgan fingerprint density at radius 3 is 1.53 bits per heavy atom. The molecule has 0 saturated carbocycles. The minimum absolute atomic E-state index is 1.10. The van der Waals surface area contributed by atoms with Gasteiger partial charge in [-0.2, -0.15) is 0 Å². The standard InChI is InChI=1S/C10H14S.2C2H6/c1-6-5-10(11)9(4)8(3)7(6)2;2*1-2/h5,11H,1-4H3;2*1-2H3. The van der Waals surface area contributed by atoms with Crippen LogP contribution in [0.5, 0.6) is 0 Å². The van der Waals surface area contributed by atoms with Gasteiger partial charge in [0.15, 0.2) is 0 Å². The third-order valence-corrected chi connectivity index (χ3v) is 2.92. The predicted octanol–water partition coefficient (Wildman–Crippen LogP) is 5.26. The maximum absolute atomic E-state index is 4.38. The number of thiol groups is 1. The Morgan fingerprint density at radius 2 is 1.13 bits per heavy atom. The van der Waals surface area contributed by atoms with Crippen molar-refractivity contribution in [2.24, 2.45) is 0 Å². The van der Waals surface area contributed by atoms with Gasteiger partial charge in [0.2, 0.25) is 0 Å². The maximum Gasteiger partial charge on any atom is 0.00747 e. The zero-order valence-corrected chi connectivity index (χ0v) is 12.4. The molecule has 0 aliphatic carbocycles. The van der Waals surface area contributed by atoms with Gasteiger partial charge < -0.3 is 0 Å². The Labute approximate surface area is 102 Å². The fraction of sp³-hybridized carbons (Fsp3) is 0.571. The molecule has 0 N–H and O–H groups in total. The monoisotopic (exact) mass is 226 g/mol. The van der Waals surface area contributed by atoms with Gasteiger partial charge in [-0.3, -0.25) is 0 Å². The molecule has 0 atom stereocenters. The summed E-state index contributed by atoms with van der Waals surface area (Å²) >= 11 is 4.38. The third-order valence-electron chi connectivity index (χ3n) is 2.45. The van der Waals surface area contributed by atoms with Crippen molar-refractivity contribution in [1.82, 2.24) is 0 Å². The lowest BCUT2D eigenvalue weighted by molar-refractivity contribution is 1.15. The zero-order chi connectivity index (χ0) is 12.6. The van der Waals surface area contributed by atoms with Crippen molar-refractivity contribution in [1.29, 1.82) is 0 Å². The van der Waals surface area contributed by atoms with Gasteiger partial charge in [0, 0.05) is 4.90 Å². The van der Waals surface area contributed by atoms with Crippen molar-refractivity contribution in [2.75, 3.05) is 0 Å². The highest BCUT2D eigenvalue weighted by Crippen LogP contribution is 2.23. The van der Waals surface area contributed by atoms with Crippen LogP contribution in [0.3, 0.4) is 0 Å². The van der Waals surface area contributed by atoms with Crippen molar-refractivity contribution in [3.8, 4) is 0 Å². The highest BCUT2D eigenvalue weighted by Gasteiger charge is 2.03. The summed E-state index contributed by atoms with van der Waals surface area (Å²) < 4.78 is 0. The SMILES string of the molecule is CC.CC.Cc1cc(S)c(C)c(C)c1C. The van der Waals surface area contributed by atoms with Crippen LogP contribution in [0.15, 0.2) is 11.0 Å². The predicted molar refractivity (Wildman–Crippen MR) is 75.3 cm³/mol. The van der Waals surface area contributed by atoms with Crippen molar-refractivity contribution in [3.63, 3.8) is 0 Å². The molecular formula is C14H26S. The zero-order valence-electron chi connectivity index (χ0n) is 11.5. The van der Waals surface area contributed by atoms with Crippen LogP contribution in [-0.2, 0) is 0 Å². The van der Waals surface area contributed by atoms with Crippen LogP contribution < -0.4 is 0 Å². The summed E-state index contributed by atoms with van der Waals surface area (Å²) in [5, 5.41) is 0. The van der Waals surface area contributed by atoms with E-state index in [1.165, 1.54) is 22.3 Å². The minimum Gasteiger partial charge on any atom is -0.143 e. The van der Waals surface area contributed by atoms with E-state index >= 15 is 0 Å². The number of rotatable bonds is 0. The summed E-state index contributed by atoms with van der Waals surface area (Å²) in [6.45, 7) is 16.5. The molecule has 0 aromatic heterocycles. The molecule has 0 aliphatic heterocycles. The Morgan fingerprint density at radius 1 is 0.733 bits per heavy atom. The van der Waals surface area contributed by atoms with Crippen LogP contribution in [0.1, 0.15) is 49.9 Å². The van der Waals surface area contributed by atoms with Gasteiger partial charge in [-0.05, 0) is 56.0 Å². The summed E-state index contributed by atoms with van der Waals surface area (Å²) in [4.78, 5) is 1.10. The lowest BCUT2D eigenvalue weighted by Gasteiger charge is -2.09. The Hall–Kier alpha value is -0.430. The summed E-state index contributed by atoms with van der Waals surface area (Å²) in [7, 11) is 0. The second-order valence-corrected chi connectivity index (χ2v) is 3.57. The first-order valence-electron chi connectivity index (χ1n) is 5.80. The second-order valence-electron chi connectivity index (χ2n) is 3.09. The lowest BCUT2D eigenvalue weighted by Crippen LogP contribution is -1.91. The molecular weight excluding hydrogens is 200 g/mol. The molecule has 1 rings (SSSR count). The third kappa shape index (κ3) is 4.74. The molecule has 0 heterocycles. The van der Waals surface area contributed by atoms with E-state index in [1.54, 1.807) is 0 Å². The number of hydrogen-bond acceptors (Lipinski definition) is 1. The summed E-state index contributed by atoms with van der Waals surface area (Å²) in [5.41, 5.74) is 5.39. The quantitative estimate of drug-likeness (QED) is 0.573. The fourth-order valence-electron chi connectivity index (χ4n) is 1.19. The van der Waals surface area contributed by atoms with E-state index in [0.29, 0.717) is 0 Å². The van der Waals surface area contributed by atoms with Crippen LogP contribution in [0.2, 0.25) is 0 Å². The first-order chi connectivity index (χ1) is 7.04. The molecule has 0 bridgehead atoms. The van der Waals surface area contributed by atoms with Crippen molar-refractivity contribution < 1.29 is 0 Å². The van der Waals surface area contributed by atoms with Gasteiger partial charge in [-0.25, -0.2) is 0 Å². The molecule has 0 aliphatic rings. The van der Waals surface area contributed by atoms with Gasteiger partial charge in [0.1, 0.15) is 0 Å². The largest absolute Gasteiger partial charge is 0.143 e. The van der Waals surface area contributed by atoms with E-state index in [1.807, 2.05) is 27.7 Å². The first-order valence-corrected chi connectivity index (χ1v) is 6.25. The van der Waals surface area contributed by atoms with Gasteiger partial charge in [-0.1, -0.05) is 27.7 Å². The van der Waals surface area contributed by atoms with E-state index < -0.39 is 0 Å². The van der Waals surface area contributed by atoms with E-state index in [9.17, 15) is 0 Å². The van der Waals surface area contributed by atoms with Crippen LogP contribution >= 0.6 is 12.6 Å². The molecule has 15 heavy (non-hydrogen) atoms. The first kappa shape index (κ1) is 17.0. The van der Waals surface area contributed by atoms with Crippen LogP contribution in [-0.4, -0.2) is 0 Å². The van der Waals surface area contributed by atoms with Gasteiger partial charge in [0.05, 0.1) is 0 Å². The molecule has 0 nitrogen and oxygen atoms in total. The molecule has 0 amide bonds. The van der Waals surface area contributed by atoms with E-state index in [-0.39, 0.29) is 0 Å². The normalized spacial score (nSPS) is 8.33. The van der Waals surface area contributed by atoms with Crippen molar-refractivity contribution >= 4 is 12.6 Å². The summed E-state index contributed by atoms with van der Waals surface area (Å²) in [6, 6.07) is 2.13. The Kier molecular flexibility index (Phi) is 10.0. The van der Waals surface area contributed by atoms with Crippen molar-refractivity contribution in [3.05, 3.63) is 28.3 Å². The van der Waals surface area contributed by atoms with Crippen LogP contribution in [0.4, 0.5) is 0 Å². The maximum atomic E-state index is 4.38. The molecule has 1 heteroatoms. The van der Waals surface area contributed by atoms with Crippen LogP contribution in [0.25, 0.3) is 0 Å². The molecule has 0 fully saturated rings. The molecule has 0 spiro atoms. The average molecular weight is 226 g/mol. The summed E-state index contributed by atoms with van der Waals surface area (Å²) in [6.07, 6.45) is 0. The lowest BCUT2D eigenvalue weighted by atomic mass is 10.00. The van der Waals surface area contributed by atoms with E-state index in [4.69, 9.17) is 0 Å². The highest BCUT2D eigenvalue weighted by atomic mass is 32.1. The number of hydrogen-bond donors (Lipinski definition) is 1. The van der Waals surface area contributed by atoms with Gasteiger partial charge >= 0.3 is 0 Å². The topological polar surface area (TPSA) is 0 Å². The molecule has 88 valence electrons. The second kappa shape index (κ2) is 8.84. The highest BCUT2D eigenvalue weighted by molar-refractivity contribution is 7.80. The Bertz CT molecular complexity index is 262. The van der Waals surface area contributed by atoms with Gasteiger partial charge in [-0.15, -0.1) is 12.6 Å². The number of aryl methyl sites for hydroxylation is 1. The smallest absolute Gasteiger partial charge is 0.00747 e. The van der Waals surface area contributed by atoms with E-state index in [0.717, 1.165) is 4.90 Å². The number of benzene rings is 1. The van der Waals surface area contributed by atoms with Crippen LogP contribution in [0, 0.1) is 27.7 Å². The molecule has 0 radical (unpaired) electrons. The minimum atomic E-state index is 1.10. The molecule has 1 aromatic rings. The Balaban J connectivity index is 0. The molecule has 0 saturated heterocycles. The molecule has 1 aromatic carbocycles. The van der Waals surface area contributed by atoms with E-state index in [2.05, 4.69) is 46.4 Å².